The van der Waals surface area contributed by atoms with Crippen LogP contribution in [0.2, 0.25) is 0 Å². The standard InChI is InChI=1S/C17H26N4O3/c1-3-4-5-16(22)21-9-13-12(11-24-15(13)10-21)8-18-17(23)14-6-7-19-20(14)2/h6-7,12-13,15H,3-5,8-11H2,1-2H3,(H,18,23)/t12-,13+,15+/m0/s1. The van der Waals surface area contributed by atoms with Gasteiger partial charge >= 0.3 is 0 Å². The zero-order valence-electron chi connectivity index (χ0n) is 14.4. The highest BCUT2D eigenvalue weighted by Gasteiger charge is 2.44. The maximum absolute atomic E-state index is 12.2. The Balaban J connectivity index is 1.51. The topological polar surface area (TPSA) is 76.5 Å². The number of unbranched alkanes of at least 4 members (excludes halogenated alkanes) is 1. The van der Waals surface area contributed by atoms with Crippen LogP contribution in [0.4, 0.5) is 0 Å². The third-order valence-electron chi connectivity index (χ3n) is 5.11. The first-order valence-electron chi connectivity index (χ1n) is 8.75. The van der Waals surface area contributed by atoms with Crippen molar-refractivity contribution in [3.8, 4) is 0 Å². The largest absolute Gasteiger partial charge is 0.376 e. The average Bonchev–Trinajstić information content (AvgIpc) is 3.26. The molecule has 1 aromatic heterocycles. The molecule has 2 amide bonds. The molecule has 0 bridgehead atoms. The van der Waals surface area contributed by atoms with E-state index in [1.165, 1.54) is 0 Å². The highest BCUT2D eigenvalue weighted by atomic mass is 16.5. The lowest BCUT2D eigenvalue weighted by atomic mass is 9.93. The van der Waals surface area contributed by atoms with Crippen LogP contribution in [-0.4, -0.2) is 58.8 Å². The molecule has 0 spiro atoms. The molecule has 0 saturated carbocycles. The first-order valence-corrected chi connectivity index (χ1v) is 8.75. The summed E-state index contributed by atoms with van der Waals surface area (Å²) in [5, 5.41) is 6.99. The number of hydrogen-bond donors (Lipinski definition) is 1. The number of carbonyl (C=O) groups is 2. The number of ether oxygens (including phenoxy) is 1. The molecule has 3 heterocycles. The molecule has 24 heavy (non-hydrogen) atoms. The first kappa shape index (κ1) is 17.0. The van der Waals surface area contributed by atoms with E-state index in [9.17, 15) is 9.59 Å². The second-order valence-electron chi connectivity index (χ2n) is 6.75. The molecule has 132 valence electrons. The fourth-order valence-corrected chi connectivity index (χ4v) is 3.61. The Morgan fingerprint density at radius 1 is 1.42 bits per heavy atom. The van der Waals surface area contributed by atoms with Gasteiger partial charge in [-0.25, -0.2) is 0 Å². The number of amides is 2. The van der Waals surface area contributed by atoms with E-state index in [1.54, 1.807) is 24.0 Å². The third-order valence-corrected chi connectivity index (χ3v) is 5.11. The average molecular weight is 334 g/mol. The number of nitrogens with one attached hydrogen (secondary N) is 1. The van der Waals surface area contributed by atoms with Gasteiger partial charge in [0.15, 0.2) is 0 Å². The molecular weight excluding hydrogens is 308 g/mol. The molecule has 0 radical (unpaired) electrons. The molecule has 0 unspecified atom stereocenters. The van der Waals surface area contributed by atoms with Crippen LogP contribution in [0.5, 0.6) is 0 Å². The monoisotopic (exact) mass is 334 g/mol. The minimum Gasteiger partial charge on any atom is -0.376 e. The second kappa shape index (κ2) is 7.34. The SMILES string of the molecule is CCCCC(=O)N1C[C@@H]2[C@@H](CNC(=O)c3ccnn3C)CO[C@@H]2C1. The van der Waals surface area contributed by atoms with Crippen molar-refractivity contribution < 1.29 is 14.3 Å². The van der Waals surface area contributed by atoms with Gasteiger partial charge in [-0.2, -0.15) is 5.10 Å². The summed E-state index contributed by atoms with van der Waals surface area (Å²) in [6.45, 7) is 4.76. The lowest BCUT2D eigenvalue weighted by Gasteiger charge is -2.20. The van der Waals surface area contributed by atoms with Crippen LogP contribution in [0.3, 0.4) is 0 Å². The molecule has 7 nitrogen and oxygen atoms in total. The molecule has 2 aliphatic rings. The van der Waals surface area contributed by atoms with Gasteiger partial charge < -0.3 is 15.0 Å². The van der Waals surface area contributed by atoms with Gasteiger partial charge in [-0.1, -0.05) is 13.3 Å². The van der Waals surface area contributed by atoms with Crippen molar-refractivity contribution in [3.05, 3.63) is 18.0 Å². The number of nitrogens with zero attached hydrogens (tertiary/aromatic N) is 3. The van der Waals surface area contributed by atoms with Crippen molar-refractivity contribution in [2.75, 3.05) is 26.2 Å². The maximum Gasteiger partial charge on any atom is 0.269 e. The number of aryl methyl sites for hydroxylation is 1. The van der Waals surface area contributed by atoms with Gasteiger partial charge in [0.25, 0.3) is 5.91 Å². The van der Waals surface area contributed by atoms with Crippen molar-refractivity contribution >= 4 is 11.8 Å². The predicted molar refractivity (Wildman–Crippen MR) is 88.4 cm³/mol. The number of likely N-dealkylation sites (tertiary alicyclic amines) is 1. The highest BCUT2D eigenvalue weighted by molar-refractivity contribution is 5.92. The van der Waals surface area contributed by atoms with Crippen LogP contribution in [0.15, 0.2) is 12.3 Å². The Kier molecular flexibility index (Phi) is 5.18. The van der Waals surface area contributed by atoms with Crippen LogP contribution in [0.1, 0.15) is 36.7 Å². The summed E-state index contributed by atoms with van der Waals surface area (Å²) in [4.78, 5) is 26.3. The summed E-state index contributed by atoms with van der Waals surface area (Å²) in [7, 11) is 1.75. The normalized spacial score (nSPS) is 25.8. The number of hydrogen-bond acceptors (Lipinski definition) is 4. The van der Waals surface area contributed by atoms with Gasteiger partial charge in [0.1, 0.15) is 5.69 Å². The number of carbonyl (C=O) groups excluding carboxylic acids is 2. The van der Waals surface area contributed by atoms with E-state index in [2.05, 4.69) is 17.3 Å². The van der Waals surface area contributed by atoms with Gasteiger partial charge in [0.05, 0.1) is 12.7 Å². The van der Waals surface area contributed by atoms with Crippen molar-refractivity contribution in [2.24, 2.45) is 18.9 Å². The quantitative estimate of drug-likeness (QED) is 0.835. The number of aromatic nitrogens is 2. The van der Waals surface area contributed by atoms with Crippen LogP contribution < -0.4 is 5.32 Å². The molecule has 1 aromatic rings. The minimum atomic E-state index is -0.118. The van der Waals surface area contributed by atoms with Crippen molar-refractivity contribution in [3.63, 3.8) is 0 Å². The third kappa shape index (κ3) is 3.45. The van der Waals surface area contributed by atoms with E-state index in [0.29, 0.717) is 37.7 Å². The summed E-state index contributed by atoms with van der Waals surface area (Å²) in [6, 6.07) is 1.70. The summed E-state index contributed by atoms with van der Waals surface area (Å²) in [5.74, 6) is 0.693. The van der Waals surface area contributed by atoms with E-state index in [1.807, 2.05) is 4.90 Å². The zero-order chi connectivity index (χ0) is 17.1. The van der Waals surface area contributed by atoms with Crippen molar-refractivity contribution in [2.45, 2.75) is 32.3 Å². The lowest BCUT2D eigenvalue weighted by Crippen LogP contribution is -2.36. The predicted octanol–water partition coefficient (Wildman–Crippen LogP) is 0.813. The molecule has 7 heteroatoms. The fourth-order valence-electron chi connectivity index (χ4n) is 3.61. The summed E-state index contributed by atoms with van der Waals surface area (Å²) in [5.41, 5.74) is 0.549. The molecule has 3 atom stereocenters. The smallest absolute Gasteiger partial charge is 0.269 e. The van der Waals surface area contributed by atoms with Crippen LogP contribution >= 0.6 is 0 Å². The summed E-state index contributed by atoms with van der Waals surface area (Å²) < 4.78 is 7.42. The van der Waals surface area contributed by atoms with Gasteiger partial charge in [-0.15, -0.1) is 0 Å². The Labute approximate surface area is 142 Å². The van der Waals surface area contributed by atoms with E-state index in [0.717, 1.165) is 19.4 Å². The van der Waals surface area contributed by atoms with E-state index in [4.69, 9.17) is 4.74 Å². The Morgan fingerprint density at radius 2 is 2.25 bits per heavy atom. The fraction of sp³-hybridized carbons (Fsp3) is 0.706. The molecule has 2 fully saturated rings. The van der Waals surface area contributed by atoms with E-state index < -0.39 is 0 Å². The van der Waals surface area contributed by atoms with Gasteiger partial charge in [0.2, 0.25) is 5.91 Å². The van der Waals surface area contributed by atoms with Crippen LogP contribution in [-0.2, 0) is 16.6 Å². The van der Waals surface area contributed by atoms with Gasteiger partial charge in [-0.05, 0) is 12.5 Å². The minimum absolute atomic E-state index is 0.118. The Hall–Kier alpha value is -1.89. The van der Waals surface area contributed by atoms with E-state index >= 15 is 0 Å². The number of rotatable bonds is 6. The first-order chi connectivity index (χ1) is 11.6. The molecule has 2 saturated heterocycles. The maximum atomic E-state index is 12.2. The molecule has 1 N–H and O–H groups in total. The molecule has 3 rings (SSSR count). The molecule has 2 aliphatic heterocycles. The van der Waals surface area contributed by atoms with Gasteiger partial charge in [-0.3, -0.25) is 14.3 Å². The van der Waals surface area contributed by atoms with Crippen molar-refractivity contribution in [1.82, 2.24) is 20.0 Å². The summed E-state index contributed by atoms with van der Waals surface area (Å²) >= 11 is 0. The molecule has 0 aliphatic carbocycles. The number of fused-ring (bicyclic) bond motifs is 1. The van der Waals surface area contributed by atoms with Crippen LogP contribution in [0.25, 0.3) is 0 Å². The van der Waals surface area contributed by atoms with Crippen molar-refractivity contribution in [1.29, 1.82) is 0 Å². The molecular formula is C17H26N4O3. The van der Waals surface area contributed by atoms with Gasteiger partial charge in [0, 0.05) is 51.1 Å². The summed E-state index contributed by atoms with van der Waals surface area (Å²) in [6.07, 6.45) is 4.33. The highest BCUT2D eigenvalue weighted by Crippen LogP contribution is 2.33. The Morgan fingerprint density at radius 3 is 2.96 bits per heavy atom. The van der Waals surface area contributed by atoms with Crippen LogP contribution in [0, 0.1) is 11.8 Å². The zero-order valence-corrected chi connectivity index (χ0v) is 14.4. The van der Waals surface area contributed by atoms with E-state index in [-0.39, 0.29) is 23.8 Å². The lowest BCUT2D eigenvalue weighted by molar-refractivity contribution is -0.131. The second-order valence-corrected chi connectivity index (χ2v) is 6.75. The Bertz CT molecular complexity index is 600. The molecule has 0 aromatic carbocycles.